The Kier molecular flexibility index (Phi) is 6.45. The van der Waals surface area contributed by atoms with E-state index in [1.165, 1.54) is 23.5 Å². The van der Waals surface area contributed by atoms with Crippen molar-refractivity contribution in [3.8, 4) is 10.6 Å². The van der Waals surface area contributed by atoms with Gasteiger partial charge in [0.15, 0.2) is 0 Å². The lowest BCUT2D eigenvalue weighted by Crippen LogP contribution is -2.35. The fourth-order valence-electron chi connectivity index (χ4n) is 2.23. The highest BCUT2D eigenvalue weighted by Gasteiger charge is 2.15. The summed E-state index contributed by atoms with van der Waals surface area (Å²) in [6, 6.07) is 6.41. The van der Waals surface area contributed by atoms with Gasteiger partial charge in [-0.3, -0.25) is 4.79 Å². The van der Waals surface area contributed by atoms with Crippen molar-refractivity contribution < 1.29 is 9.18 Å². The first-order chi connectivity index (χ1) is 11.4. The Morgan fingerprint density at radius 1 is 1.42 bits per heavy atom. The van der Waals surface area contributed by atoms with E-state index in [0.717, 1.165) is 17.0 Å². The molecule has 0 bridgehead atoms. The lowest BCUT2D eigenvalue weighted by molar-refractivity contribution is -0.129. The van der Waals surface area contributed by atoms with Gasteiger partial charge in [-0.25, -0.2) is 9.37 Å². The van der Waals surface area contributed by atoms with Gasteiger partial charge in [0.1, 0.15) is 10.8 Å². The van der Waals surface area contributed by atoms with E-state index in [0.29, 0.717) is 18.2 Å². The number of thiazole rings is 1. The number of likely N-dealkylation sites (N-methyl/N-ethyl adjacent to an activating group) is 1. The van der Waals surface area contributed by atoms with Crippen LogP contribution in [-0.4, -0.2) is 35.4 Å². The smallest absolute Gasteiger partial charge is 0.228 e. The Balaban J connectivity index is 1.93. The van der Waals surface area contributed by atoms with E-state index < -0.39 is 0 Å². The number of hydrogen-bond acceptors (Lipinski definition) is 4. The minimum absolute atomic E-state index is 0.0158. The molecule has 0 radical (unpaired) electrons. The van der Waals surface area contributed by atoms with Crippen molar-refractivity contribution in [3.05, 3.63) is 41.2 Å². The molecule has 24 heavy (non-hydrogen) atoms. The molecule has 4 nitrogen and oxygen atoms in total. The maximum Gasteiger partial charge on any atom is 0.228 e. The van der Waals surface area contributed by atoms with E-state index >= 15 is 0 Å². The fraction of sp³-hybridized carbons (Fsp3) is 0.444. The number of benzene rings is 1. The van der Waals surface area contributed by atoms with Crippen LogP contribution in [0.4, 0.5) is 4.39 Å². The first kappa shape index (κ1) is 18.5. The second-order valence-electron chi connectivity index (χ2n) is 6.34. The zero-order chi connectivity index (χ0) is 17.7. The van der Waals surface area contributed by atoms with Crippen molar-refractivity contribution >= 4 is 17.2 Å². The predicted molar refractivity (Wildman–Crippen MR) is 96.3 cm³/mol. The molecule has 2 rings (SSSR count). The summed E-state index contributed by atoms with van der Waals surface area (Å²) in [5.41, 5.74) is 7.46. The maximum absolute atomic E-state index is 13.3. The van der Waals surface area contributed by atoms with Gasteiger partial charge < -0.3 is 10.6 Å². The molecule has 0 aliphatic heterocycles. The van der Waals surface area contributed by atoms with E-state index in [1.807, 2.05) is 11.4 Å². The van der Waals surface area contributed by atoms with Gasteiger partial charge in [0, 0.05) is 30.6 Å². The van der Waals surface area contributed by atoms with E-state index in [4.69, 9.17) is 5.73 Å². The Labute approximate surface area is 146 Å². The molecule has 1 amide bonds. The third-order valence-corrected chi connectivity index (χ3v) is 4.98. The van der Waals surface area contributed by atoms with Gasteiger partial charge in [0.2, 0.25) is 5.91 Å². The predicted octanol–water partition coefficient (Wildman–Crippen LogP) is 3.32. The molecule has 1 atom stereocenters. The summed E-state index contributed by atoms with van der Waals surface area (Å²) < 4.78 is 13.3. The summed E-state index contributed by atoms with van der Waals surface area (Å²) in [6.07, 6.45) is 1.03. The maximum atomic E-state index is 13.3. The molecule has 2 aromatic rings. The van der Waals surface area contributed by atoms with Crippen LogP contribution in [0.25, 0.3) is 10.6 Å². The summed E-state index contributed by atoms with van der Waals surface area (Å²) in [4.78, 5) is 18.4. The zero-order valence-corrected chi connectivity index (χ0v) is 15.1. The van der Waals surface area contributed by atoms with Crippen molar-refractivity contribution in [3.63, 3.8) is 0 Å². The number of aromatic nitrogens is 1. The van der Waals surface area contributed by atoms with Gasteiger partial charge >= 0.3 is 0 Å². The quantitative estimate of drug-likeness (QED) is 0.834. The third kappa shape index (κ3) is 5.11. The number of nitrogens with zero attached hydrogens (tertiary/aromatic N) is 2. The van der Waals surface area contributed by atoms with E-state index in [9.17, 15) is 9.18 Å². The molecule has 0 fully saturated rings. The number of carbonyl (C=O) groups excluding carboxylic acids is 1. The number of halogens is 1. The first-order valence-electron chi connectivity index (χ1n) is 8.06. The van der Waals surface area contributed by atoms with Crippen LogP contribution < -0.4 is 5.73 Å². The first-order valence-corrected chi connectivity index (χ1v) is 8.94. The van der Waals surface area contributed by atoms with Crippen LogP contribution >= 0.6 is 11.3 Å². The second-order valence-corrected chi connectivity index (χ2v) is 7.20. The van der Waals surface area contributed by atoms with Crippen LogP contribution in [0.1, 0.15) is 26.0 Å². The van der Waals surface area contributed by atoms with Gasteiger partial charge in [0.25, 0.3) is 0 Å². The molecule has 0 saturated heterocycles. The Morgan fingerprint density at radius 2 is 2.17 bits per heavy atom. The van der Waals surface area contributed by atoms with Crippen LogP contribution in [0.15, 0.2) is 29.6 Å². The Bertz CT molecular complexity index is 686. The normalized spacial score (nSPS) is 12.4. The summed E-state index contributed by atoms with van der Waals surface area (Å²) in [7, 11) is 1.79. The van der Waals surface area contributed by atoms with E-state index in [-0.39, 0.29) is 24.2 Å². The fourth-order valence-corrected chi connectivity index (χ4v) is 3.05. The molecule has 1 heterocycles. The molecule has 0 spiro atoms. The summed E-state index contributed by atoms with van der Waals surface area (Å²) in [5, 5.41) is 2.58. The highest BCUT2D eigenvalue weighted by Crippen LogP contribution is 2.24. The molecular formula is C18H24FN3OS. The van der Waals surface area contributed by atoms with E-state index in [1.54, 1.807) is 18.0 Å². The minimum atomic E-state index is -0.290. The summed E-state index contributed by atoms with van der Waals surface area (Å²) >= 11 is 1.42. The van der Waals surface area contributed by atoms with Crippen molar-refractivity contribution in [2.24, 2.45) is 11.7 Å². The monoisotopic (exact) mass is 349 g/mol. The minimum Gasteiger partial charge on any atom is -0.345 e. The van der Waals surface area contributed by atoms with Crippen LogP contribution in [0.5, 0.6) is 0 Å². The third-order valence-electron chi connectivity index (χ3n) is 4.04. The molecule has 0 aliphatic rings. The lowest BCUT2D eigenvalue weighted by Gasteiger charge is -2.21. The van der Waals surface area contributed by atoms with Crippen molar-refractivity contribution in [2.45, 2.75) is 32.7 Å². The Morgan fingerprint density at radius 3 is 2.83 bits per heavy atom. The van der Waals surface area contributed by atoms with Gasteiger partial charge in [0.05, 0.1) is 12.1 Å². The van der Waals surface area contributed by atoms with Crippen LogP contribution in [0.3, 0.4) is 0 Å². The molecule has 1 unspecified atom stereocenters. The zero-order valence-electron chi connectivity index (χ0n) is 14.3. The van der Waals surface area contributed by atoms with Crippen LogP contribution in [0.2, 0.25) is 0 Å². The number of nitrogens with two attached hydrogens (primary N) is 1. The largest absolute Gasteiger partial charge is 0.345 e. The highest BCUT2D eigenvalue weighted by molar-refractivity contribution is 7.13. The molecule has 2 N–H and O–H groups in total. The molecule has 0 saturated carbocycles. The van der Waals surface area contributed by atoms with Crippen molar-refractivity contribution in [1.29, 1.82) is 0 Å². The topological polar surface area (TPSA) is 59.2 Å². The summed E-state index contributed by atoms with van der Waals surface area (Å²) in [5.74, 6) is 0.129. The molecule has 130 valence electrons. The average Bonchev–Trinajstić information content (AvgIpc) is 3.00. The van der Waals surface area contributed by atoms with Crippen LogP contribution in [0, 0.1) is 11.7 Å². The highest BCUT2D eigenvalue weighted by atomic mass is 32.1. The number of hydrogen-bond donors (Lipinski definition) is 1. The van der Waals surface area contributed by atoms with Gasteiger partial charge in [-0.15, -0.1) is 11.3 Å². The van der Waals surface area contributed by atoms with Crippen molar-refractivity contribution in [2.75, 3.05) is 13.6 Å². The van der Waals surface area contributed by atoms with Crippen molar-refractivity contribution in [1.82, 2.24) is 9.88 Å². The van der Waals surface area contributed by atoms with Gasteiger partial charge in [-0.1, -0.05) is 26.0 Å². The lowest BCUT2D eigenvalue weighted by atomic mass is 10.0. The number of carbonyl (C=O) groups is 1. The van der Waals surface area contributed by atoms with Crippen LogP contribution in [-0.2, 0) is 11.2 Å². The molecule has 1 aromatic carbocycles. The summed E-state index contributed by atoms with van der Waals surface area (Å²) in [6.45, 7) is 4.80. The second kappa shape index (κ2) is 8.35. The number of amides is 1. The molecule has 1 aromatic heterocycles. The average molecular weight is 349 g/mol. The molecular weight excluding hydrogens is 325 g/mol. The standard InChI is InChI=1S/C18H24FN3OS/c1-12(2)16(20)7-8-22(3)17(23)10-15-11-24-18(21-15)13-5-4-6-14(19)9-13/h4-6,9,11-12,16H,7-8,10,20H2,1-3H3. The van der Waals surface area contributed by atoms with Gasteiger partial charge in [-0.05, 0) is 24.5 Å². The number of rotatable bonds is 7. The molecule has 6 heteroatoms. The molecule has 0 aliphatic carbocycles. The SMILES string of the molecule is CC(C)C(N)CCN(C)C(=O)Cc1csc(-c2cccc(F)c2)n1. The van der Waals surface area contributed by atoms with Gasteiger partial charge in [-0.2, -0.15) is 0 Å². The van der Waals surface area contributed by atoms with E-state index in [2.05, 4.69) is 18.8 Å². The Hall–Kier alpha value is -1.79.